The van der Waals surface area contributed by atoms with Crippen molar-refractivity contribution in [3.63, 3.8) is 0 Å². The van der Waals surface area contributed by atoms with Gasteiger partial charge in [0.25, 0.3) is 9.84 Å². The van der Waals surface area contributed by atoms with Crippen molar-refractivity contribution in [2.75, 3.05) is 6.61 Å². The summed E-state index contributed by atoms with van der Waals surface area (Å²) >= 11 is 0. The first-order valence-electron chi connectivity index (χ1n) is 5.60. The Kier molecular flexibility index (Phi) is 5.36. The highest BCUT2D eigenvalue weighted by Crippen LogP contribution is 2.28. The molecule has 0 aromatic heterocycles. The molecule has 0 saturated carbocycles. The lowest BCUT2D eigenvalue weighted by molar-refractivity contribution is -0.0424. The number of rotatable bonds is 4. The zero-order valence-corrected chi connectivity index (χ0v) is 11.6. The Bertz CT molecular complexity index is 620. The number of benzene rings is 1. The van der Waals surface area contributed by atoms with Gasteiger partial charge in [0.1, 0.15) is 0 Å². The summed E-state index contributed by atoms with van der Waals surface area (Å²) in [5.74, 6) is -0.772. The van der Waals surface area contributed by atoms with Crippen molar-refractivity contribution in [1.82, 2.24) is 0 Å². The molecule has 1 aromatic carbocycles. The highest BCUT2D eigenvalue weighted by atomic mass is 32.2. The molecule has 0 aliphatic rings. The lowest BCUT2D eigenvalue weighted by Gasteiger charge is -2.10. The third-order valence-electron chi connectivity index (χ3n) is 2.10. The van der Waals surface area contributed by atoms with E-state index in [0.29, 0.717) is 0 Å². The highest BCUT2D eigenvalue weighted by Gasteiger charge is 2.44. The van der Waals surface area contributed by atoms with Gasteiger partial charge in [-0.15, -0.1) is 0 Å². The van der Waals surface area contributed by atoms with E-state index in [1.807, 2.05) is 0 Å². The van der Waals surface area contributed by atoms with Crippen molar-refractivity contribution in [3.05, 3.63) is 41.3 Å². The second-order valence-electron chi connectivity index (χ2n) is 3.62. The molecule has 0 fully saturated rings. The first-order chi connectivity index (χ1) is 9.67. The summed E-state index contributed by atoms with van der Waals surface area (Å²) in [6.45, 7) is 1.38. The van der Waals surface area contributed by atoms with E-state index < -0.39 is 27.3 Å². The number of carbonyl (C=O) groups excluding carboxylic acids is 1. The van der Waals surface area contributed by atoms with Gasteiger partial charge in [-0.25, -0.2) is 13.2 Å². The molecular formula is C12H11F3O5S. The lowest BCUT2D eigenvalue weighted by atomic mass is 10.2. The van der Waals surface area contributed by atoms with E-state index in [-0.39, 0.29) is 17.6 Å². The molecule has 5 nitrogen and oxygen atoms in total. The smallest absolute Gasteiger partial charge is 0.434 e. The lowest BCUT2D eigenvalue weighted by Crippen LogP contribution is -2.21. The number of alkyl halides is 3. The molecule has 0 atom stereocenters. The van der Waals surface area contributed by atoms with Crippen LogP contribution in [0, 0.1) is 0 Å². The van der Waals surface area contributed by atoms with Gasteiger partial charge in [-0.3, -0.25) is 0 Å². The van der Waals surface area contributed by atoms with Gasteiger partial charge in [0.05, 0.1) is 12.0 Å². The average Bonchev–Trinajstić information content (AvgIpc) is 2.37. The van der Waals surface area contributed by atoms with E-state index in [0.717, 1.165) is 0 Å². The van der Waals surface area contributed by atoms with E-state index >= 15 is 0 Å². The van der Waals surface area contributed by atoms with Gasteiger partial charge >= 0.3 is 11.7 Å². The van der Waals surface area contributed by atoms with Crippen LogP contribution in [0.15, 0.2) is 35.7 Å². The molecule has 0 radical (unpaired) electrons. The molecule has 0 heterocycles. The van der Waals surface area contributed by atoms with Gasteiger partial charge in [0.2, 0.25) is 0 Å². The van der Waals surface area contributed by atoms with Crippen LogP contribution in [0.25, 0.3) is 5.76 Å². The fourth-order valence-corrected chi connectivity index (χ4v) is 1.80. The van der Waals surface area contributed by atoms with Crippen molar-refractivity contribution >= 4 is 21.8 Å². The quantitative estimate of drug-likeness (QED) is 0.629. The van der Waals surface area contributed by atoms with Crippen LogP contribution in [0.1, 0.15) is 12.5 Å². The zero-order chi connectivity index (χ0) is 16.1. The van der Waals surface area contributed by atoms with Gasteiger partial charge in [-0.1, -0.05) is 30.3 Å². The topological polar surface area (TPSA) is 69.7 Å². The standard InChI is InChI=1S/C12H11F3O5S/c1-2-19-11(16)20-10(9-6-4-3-5-7-9)8-21(17,18)12(13,14)15/h3-8H,2H2,1H3/b10-8-. The molecule has 0 N–H and O–H groups in total. The summed E-state index contributed by atoms with van der Waals surface area (Å²) in [5, 5.41) is -0.154. The Morgan fingerprint density at radius 3 is 2.29 bits per heavy atom. The third kappa shape index (κ3) is 4.78. The van der Waals surface area contributed by atoms with Crippen LogP contribution in [0.2, 0.25) is 0 Å². The van der Waals surface area contributed by atoms with Crippen LogP contribution in [0.5, 0.6) is 0 Å². The van der Waals surface area contributed by atoms with Gasteiger partial charge < -0.3 is 9.47 Å². The second kappa shape index (κ2) is 6.61. The van der Waals surface area contributed by atoms with Gasteiger partial charge in [-0.2, -0.15) is 13.2 Å². The minimum Gasteiger partial charge on any atom is -0.434 e. The Morgan fingerprint density at radius 1 is 1.24 bits per heavy atom. The molecule has 0 unspecified atom stereocenters. The zero-order valence-electron chi connectivity index (χ0n) is 10.8. The van der Waals surface area contributed by atoms with Crippen LogP contribution in [-0.4, -0.2) is 26.7 Å². The monoisotopic (exact) mass is 324 g/mol. The molecule has 0 spiro atoms. The van der Waals surface area contributed by atoms with Crippen molar-refractivity contribution < 1.29 is 35.9 Å². The van der Waals surface area contributed by atoms with E-state index in [1.54, 1.807) is 6.07 Å². The van der Waals surface area contributed by atoms with Crippen LogP contribution in [0.3, 0.4) is 0 Å². The minimum atomic E-state index is -5.60. The molecule has 9 heteroatoms. The molecule has 116 valence electrons. The predicted octanol–water partition coefficient (Wildman–Crippen LogP) is 3.09. The Hall–Kier alpha value is -2.03. The maximum Gasteiger partial charge on any atom is 0.513 e. The number of sulfone groups is 1. The third-order valence-corrected chi connectivity index (χ3v) is 3.27. The average molecular weight is 324 g/mol. The summed E-state index contributed by atoms with van der Waals surface area (Å²) in [6, 6.07) is 7.02. The number of hydrogen-bond acceptors (Lipinski definition) is 5. The van der Waals surface area contributed by atoms with Gasteiger partial charge in [0, 0.05) is 5.56 Å². The van der Waals surface area contributed by atoms with Crippen LogP contribution in [-0.2, 0) is 19.3 Å². The van der Waals surface area contributed by atoms with Crippen LogP contribution < -0.4 is 0 Å². The summed E-state index contributed by atoms with van der Waals surface area (Å²) < 4.78 is 68.4. The molecule has 0 aliphatic carbocycles. The summed E-state index contributed by atoms with van der Waals surface area (Å²) in [5.41, 5.74) is -5.51. The summed E-state index contributed by atoms with van der Waals surface area (Å²) in [4.78, 5) is 11.2. The molecule has 0 amide bonds. The Labute approximate surface area is 118 Å². The van der Waals surface area contributed by atoms with Crippen molar-refractivity contribution in [3.8, 4) is 0 Å². The molecular weight excluding hydrogens is 313 g/mol. The molecule has 1 aromatic rings. The first-order valence-corrected chi connectivity index (χ1v) is 7.15. The second-order valence-corrected chi connectivity index (χ2v) is 5.41. The number of carbonyl (C=O) groups is 1. The summed E-state index contributed by atoms with van der Waals surface area (Å²) in [7, 11) is -5.60. The van der Waals surface area contributed by atoms with Crippen molar-refractivity contribution in [2.24, 2.45) is 0 Å². The van der Waals surface area contributed by atoms with Crippen LogP contribution in [0.4, 0.5) is 18.0 Å². The molecule has 0 saturated heterocycles. The first kappa shape index (κ1) is 17.0. The largest absolute Gasteiger partial charge is 0.513 e. The Morgan fingerprint density at radius 2 is 1.81 bits per heavy atom. The van der Waals surface area contributed by atoms with Crippen molar-refractivity contribution in [2.45, 2.75) is 12.4 Å². The van der Waals surface area contributed by atoms with E-state index in [4.69, 9.17) is 0 Å². The number of ether oxygens (including phenoxy) is 2. The van der Waals surface area contributed by atoms with E-state index in [9.17, 15) is 26.4 Å². The SMILES string of the molecule is CCOC(=O)O/C(=C\S(=O)(=O)C(F)(F)F)c1ccccc1. The van der Waals surface area contributed by atoms with Crippen molar-refractivity contribution in [1.29, 1.82) is 0 Å². The molecule has 1 rings (SSSR count). The molecule has 21 heavy (non-hydrogen) atoms. The van der Waals surface area contributed by atoms with Crippen LogP contribution >= 0.6 is 0 Å². The fourth-order valence-electron chi connectivity index (χ4n) is 1.20. The highest BCUT2D eigenvalue weighted by molar-refractivity contribution is 7.95. The van der Waals surface area contributed by atoms with Gasteiger partial charge in [0.15, 0.2) is 5.76 Å². The van der Waals surface area contributed by atoms with E-state index in [2.05, 4.69) is 9.47 Å². The maximum atomic E-state index is 12.4. The normalized spacial score (nSPS) is 12.9. The Balaban J connectivity index is 3.24. The number of hydrogen-bond donors (Lipinski definition) is 0. The molecule has 0 aliphatic heterocycles. The minimum absolute atomic E-state index is 0.0154. The number of halogens is 3. The fraction of sp³-hybridized carbons (Fsp3) is 0.250. The summed E-state index contributed by atoms with van der Waals surface area (Å²) in [6.07, 6.45) is -1.30. The predicted molar refractivity (Wildman–Crippen MR) is 67.5 cm³/mol. The van der Waals surface area contributed by atoms with E-state index in [1.165, 1.54) is 31.2 Å². The maximum absolute atomic E-state index is 12.4. The molecule has 0 bridgehead atoms. The van der Waals surface area contributed by atoms with Gasteiger partial charge in [-0.05, 0) is 6.92 Å².